The second-order valence-electron chi connectivity index (χ2n) is 7.10. The van der Waals surface area contributed by atoms with Crippen molar-refractivity contribution in [3.8, 4) is 17.2 Å². The minimum atomic E-state index is -0.328. The largest absolute Gasteiger partial charge is 0.493 e. The molecule has 0 radical (unpaired) electrons. The number of hydrazone groups is 1. The molecule has 1 N–H and O–H groups in total. The highest BCUT2D eigenvalue weighted by atomic mass is 16.5. The standard InChI is InChI=1S/C24H32N2O4/c1-5-6-7-8-14-29-22-13-12-20(15-23(22)28-4)16-25-26-24(27)17-30-21-11-9-10-18(2)19(21)3/h9-13,15-16H,5-8,14,17H2,1-4H3,(H,26,27)/b25-16+. The van der Waals surface area contributed by atoms with Crippen LogP contribution in [0.2, 0.25) is 0 Å². The molecule has 0 unspecified atom stereocenters. The predicted molar refractivity (Wildman–Crippen MR) is 120 cm³/mol. The lowest BCUT2D eigenvalue weighted by Gasteiger charge is -2.11. The number of rotatable bonds is 12. The van der Waals surface area contributed by atoms with Gasteiger partial charge >= 0.3 is 0 Å². The molecular weight excluding hydrogens is 380 g/mol. The van der Waals surface area contributed by atoms with Crippen molar-refractivity contribution < 1.29 is 19.0 Å². The van der Waals surface area contributed by atoms with Crippen molar-refractivity contribution in [3.63, 3.8) is 0 Å². The molecule has 0 aliphatic rings. The number of unbranched alkanes of at least 4 members (excludes halogenated alkanes) is 3. The zero-order chi connectivity index (χ0) is 21.8. The summed E-state index contributed by atoms with van der Waals surface area (Å²) in [6.45, 7) is 6.72. The Labute approximate surface area is 179 Å². The topological polar surface area (TPSA) is 69.2 Å². The zero-order valence-electron chi connectivity index (χ0n) is 18.4. The maximum Gasteiger partial charge on any atom is 0.277 e. The highest BCUT2D eigenvalue weighted by molar-refractivity contribution is 5.83. The Morgan fingerprint density at radius 3 is 2.63 bits per heavy atom. The summed E-state index contributed by atoms with van der Waals surface area (Å²) in [5, 5.41) is 3.99. The second-order valence-corrected chi connectivity index (χ2v) is 7.10. The molecule has 0 atom stereocenters. The van der Waals surface area contributed by atoms with Gasteiger partial charge < -0.3 is 14.2 Å². The lowest BCUT2D eigenvalue weighted by Crippen LogP contribution is -2.24. The summed E-state index contributed by atoms with van der Waals surface area (Å²) in [6, 6.07) is 11.3. The van der Waals surface area contributed by atoms with Crippen molar-refractivity contribution in [2.24, 2.45) is 5.10 Å². The molecule has 6 nitrogen and oxygen atoms in total. The van der Waals surface area contributed by atoms with Crippen molar-refractivity contribution in [3.05, 3.63) is 53.1 Å². The molecule has 0 aliphatic carbocycles. The number of hydrogen-bond donors (Lipinski definition) is 1. The molecule has 2 aromatic carbocycles. The maximum atomic E-state index is 12.0. The van der Waals surface area contributed by atoms with Gasteiger partial charge in [-0.05, 0) is 61.2 Å². The minimum Gasteiger partial charge on any atom is -0.493 e. The van der Waals surface area contributed by atoms with Crippen LogP contribution in [0.3, 0.4) is 0 Å². The average Bonchev–Trinajstić information content (AvgIpc) is 2.75. The van der Waals surface area contributed by atoms with Gasteiger partial charge in [0.1, 0.15) is 5.75 Å². The van der Waals surface area contributed by atoms with E-state index in [1.165, 1.54) is 12.8 Å². The fraction of sp³-hybridized carbons (Fsp3) is 0.417. The van der Waals surface area contributed by atoms with Crippen LogP contribution in [0.15, 0.2) is 41.5 Å². The number of benzene rings is 2. The Bertz CT molecular complexity index is 849. The second kappa shape index (κ2) is 12.5. The van der Waals surface area contributed by atoms with E-state index < -0.39 is 0 Å². The molecule has 30 heavy (non-hydrogen) atoms. The average molecular weight is 413 g/mol. The third-order valence-electron chi connectivity index (χ3n) is 4.76. The van der Waals surface area contributed by atoms with Crippen molar-refractivity contribution in [2.45, 2.75) is 46.5 Å². The van der Waals surface area contributed by atoms with Gasteiger partial charge in [-0.1, -0.05) is 38.3 Å². The summed E-state index contributed by atoms with van der Waals surface area (Å²) in [7, 11) is 1.60. The molecule has 6 heteroatoms. The van der Waals surface area contributed by atoms with E-state index in [2.05, 4.69) is 17.5 Å². The van der Waals surface area contributed by atoms with Crippen LogP contribution in [0.4, 0.5) is 0 Å². The molecule has 0 fully saturated rings. The van der Waals surface area contributed by atoms with Crippen LogP contribution < -0.4 is 19.6 Å². The molecular formula is C24H32N2O4. The van der Waals surface area contributed by atoms with Gasteiger partial charge in [0, 0.05) is 0 Å². The Morgan fingerprint density at radius 2 is 1.87 bits per heavy atom. The lowest BCUT2D eigenvalue weighted by molar-refractivity contribution is -0.123. The Kier molecular flexibility index (Phi) is 9.71. The van der Waals surface area contributed by atoms with Crippen molar-refractivity contribution in [2.75, 3.05) is 20.3 Å². The number of methoxy groups -OCH3 is 1. The molecule has 0 saturated heterocycles. The number of amides is 1. The molecule has 2 aromatic rings. The summed E-state index contributed by atoms with van der Waals surface area (Å²) in [4.78, 5) is 12.0. The third kappa shape index (κ3) is 7.43. The third-order valence-corrected chi connectivity index (χ3v) is 4.76. The maximum absolute atomic E-state index is 12.0. The van der Waals surface area contributed by atoms with Crippen LogP contribution in [0.1, 0.15) is 49.3 Å². The summed E-state index contributed by atoms with van der Waals surface area (Å²) in [6.07, 6.45) is 6.17. The van der Waals surface area contributed by atoms with Crippen LogP contribution in [0.25, 0.3) is 0 Å². The Morgan fingerprint density at radius 1 is 1.03 bits per heavy atom. The van der Waals surface area contributed by atoms with E-state index in [0.29, 0.717) is 23.9 Å². The van der Waals surface area contributed by atoms with Crippen molar-refractivity contribution >= 4 is 12.1 Å². The SMILES string of the molecule is CCCCCCOc1ccc(/C=N/NC(=O)COc2cccc(C)c2C)cc1OC. The molecule has 2 rings (SSSR count). The first-order chi connectivity index (χ1) is 14.5. The molecule has 0 spiro atoms. The van der Waals surface area contributed by atoms with Gasteiger partial charge in [0.15, 0.2) is 18.1 Å². The molecule has 0 aliphatic heterocycles. The number of carbonyl (C=O) groups is 1. The van der Waals surface area contributed by atoms with E-state index in [1.807, 2.05) is 50.2 Å². The van der Waals surface area contributed by atoms with E-state index in [0.717, 1.165) is 29.5 Å². The number of nitrogens with zero attached hydrogens (tertiary/aromatic N) is 1. The normalized spacial score (nSPS) is 10.8. The summed E-state index contributed by atoms with van der Waals surface area (Å²) in [5.41, 5.74) is 5.41. The monoisotopic (exact) mass is 412 g/mol. The van der Waals surface area contributed by atoms with Crippen molar-refractivity contribution in [1.29, 1.82) is 0 Å². The van der Waals surface area contributed by atoms with Crippen LogP contribution >= 0.6 is 0 Å². The van der Waals surface area contributed by atoms with Gasteiger partial charge in [-0.15, -0.1) is 0 Å². The van der Waals surface area contributed by atoms with Gasteiger partial charge in [0.2, 0.25) is 0 Å². The highest BCUT2D eigenvalue weighted by Gasteiger charge is 2.07. The fourth-order valence-corrected chi connectivity index (χ4v) is 2.83. The van der Waals surface area contributed by atoms with Gasteiger partial charge in [-0.25, -0.2) is 5.43 Å². The van der Waals surface area contributed by atoms with Gasteiger partial charge in [0.05, 0.1) is 19.9 Å². The van der Waals surface area contributed by atoms with Gasteiger partial charge in [-0.3, -0.25) is 4.79 Å². The molecule has 0 saturated carbocycles. The summed E-state index contributed by atoms with van der Waals surface area (Å²) in [5.74, 6) is 1.71. The summed E-state index contributed by atoms with van der Waals surface area (Å²) >= 11 is 0. The fourth-order valence-electron chi connectivity index (χ4n) is 2.83. The first-order valence-electron chi connectivity index (χ1n) is 10.4. The van der Waals surface area contributed by atoms with Crippen LogP contribution in [-0.2, 0) is 4.79 Å². The quantitative estimate of drug-likeness (QED) is 0.309. The zero-order valence-corrected chi connectivity index (χ0v) is 18.4. The molecule has 162 valence electrons. The predicted octanol–water partition coefficient (Wildman–Crippen LogP) is 4.80. The van der Waals surface area contributed by atoms with Crippen LogP contribution in [0.5, 0.6) is 17.2 Å². The summed E-state index contributed by atoms with van der Waals surface area (Å²) < 4.78 is 16.8. The van der Waals surface area contributed by atoms with Gasteiger partial charge in [-0.2, -0.15) is 5.10 Å². The first kappa shape index (κ1) is 23.3. The van der Waals surface area contributed by atoms with E-state index in [4.69, 9.17) is 14.2 Å². The molecule has 0 bridgehead atoms. The van der Waals surface area contributed by atoms with E-state index in [-0.39, 0.29) is 12.5 Å². The van der Waals surface area contributed by atoms with E-state index >= 15 is 0 Å². The van der Waals surface area contributed by atoms with E-state index in [9.17, 15) is 4.79 Å². The number of ether oxygens (including phenoxy) is 3. The number of carbonyl (C=O) groups excluding carboxylic acids is 1. The smallest absolute Gasteiger partial charge is 0.277 e. The highest BCUT2D eigenvalue weighted by Crippen LogP contribution is 2.27. The minimum absolute atomic E-state index is 0.101. The lowest BCUT2D eigenvalue weighted by atomic mass is 10.1. The van der Waals surface area contributed by atoms with Crippen molar-refractivity contribution in [1.82, 2.24) is 5.43 Å². The van der Waals surface area contributed by atoms with Gasteiger partial charge in [0.25, 0.3) is 5.91 Å². The number of nitrogens with one attached hydrogen (secondary N) is 1. The van der Waals surface area contributed by atoms with Crippen LogP contribution in [0, 0.1) is 13.8 Å². The Hall–Kier alpha value is -3.02. The van der Waals surface area contributed by atoms with E-state index in [1.54, 1.807) is 13.3 Å². The Balaban J connectivity index is 1.83. The first-order valence-corrected chi connectivity index (χ1v) is 10.4. The molecule has 0 heterocycles. The number of hydrogen-bond acceptors (Lipinski definition) is 5. The molecule has 1 amide bonds. The number of aryl methyl sites for hydroxylation is 1. The van der Waals surface area contributed by atoms with Crippen LogP contribution in [-0.4, -0.2) is 32.4 Å². The molecule has 0 aromatic heterocycles.